The van der Waals surface area contributed by atoms with Gasteiger partial charge in [-0.05, 0) is 67.1 Å². The maximum atomic E-state index is 14.2. The third-order valence-electron chi connectivity index (χ3n) is 9.62. The number of carbonyl (C=O) groups is 3. The first-order valence-corrected chi connectivity index (χ1v) is 16.3. The number of carboxylic acids is 1. The number of benzene rings is 2. The largest absolute Gasteiger partial charge is 0.493 e. The van der Waals surface area contributed by atoms with Crippen LogP contribution in [0.15, 0.2) is 36.4 Å². The van der Waals surface area contributed by atoms with Crippen molar-refractivity contribution in [2.75, 3.05) is 44.2 Å². The molecular formula is C35H46FN3O5. The second kappa shape index (κ2) is 14.5. The highest BCUT2D eigenvalue weighted by molar-refractivity contribution is 5.95. The van der Waals surface area contributed by atoms with E-state index in [0.29, 0.717) is 56.9 Å². The van der Waals surface area contributed by atoms with E-state index in [9.17, 15) is 23.9 Å². The Balaban J connectivity index is 1.40. The molecule has 3 aliphatic rings. The number of rotatable bonds is 14. The molecule has 0 bridgehead atoms. The Morgan fingerprint density at radius 2 is 1.91 bits per heavy atom. The number of anilines is 1. The molecule has 9 heteroatoms. The summed E-state index contributed by atoms with van der Waals surface area (Å²) in [6.45, 7) is 6.64. The number of likely N-dealkylation sites (tertiary alicyclic amines) is 2. The van der Waals surface area contributed by atoms with Crippen molar-refractivity contribution in [3.05, 3.63) is 58.9 Å². The first kappa shape index (κ1) is 31.9. The number of ether oxygens (including phenoxy) is 1. The maximum absolute atomic E-state index is 14.2. The highest BCUT2D eigenvalue weighted by atomic mass is 19.1. The van der Waals surface area contributed by atoms with E-state index in [0.717, 1.165) is 61.8 Å². The van der Waals surface area contributed by atoms with Crippen molar-refractivity contribution in [3.63, 3.8) is 0 Å². The number of fused-ring (bicyclic) bond motifs is 1. The fourth-order valence-electron chi connectivity index (χ4n) is 7.18. The molecule has 0 radical (unpaired) electrons. The number of aliphatic carboxylic acids is 1. The van der Waals surface area contributed by atoms with E-state index >= 15 is 0 Å². The molecule has 2 fully saturated rings. The van der Waals surface area contributed by atoms with Crippen LogP contribution in [-0.4, -0.2) is 78.1 Å². The van der Waals surface area contributed by atoms with Crippen LogP contribution in [0.3, 0.4) is 0 Å². The van der Waals surface area contributed by atoms with Crippen LogP contribution in [-0.2, 0) is 20.8 Å². The molecule has 0 aliphatic carbocycles. The van der Waals surface area contributed by atoms with E-state index in [2.05, 4.69) is 13.0 Å². The van der Waals surface area contributed by atoms with E-state index in [4.69, 9.17) is 4.74 Å². The summed E-state index contributed by atoms with van der Waals surface area (Å²) in [5.41, 5.74) is 3.17. The van der Waals surface area contributed by atoms with Gasteiger partial charge in [-0.15, -0.1) is 0 Å². The molecule has 1 N–H and O–H groups in total. The Morgan fingerprint density at radius 3 is 2.64 bits per heavy atom. The molecule has 0 aromatic heterocycles. The predicted molar refractivity (Wildman–Crippen MR) is 168 cm³/mol. The van der Waals surface area contributed by atoms with Crippen molar-refractivity contribution in [2.45, 2.75) is 83.6 Å². The monoisotopic (exact) mass is 607 g/mol. The first-order valence-electron chi connectivity index (χ1n) is 16.3. The van der Waals surface area contributed by atoms with Gasteiger partial charge in [-0.1, -0.05) is 44.7 Å². The average Bonchev–Trinajstić information content (AvgIpc) is 3.73. The number of amides is 2. The molecule has 2 aromatic rings. The Kier molecular flexibility index (Phi) is 10.6. The van der Waals surface area contributed by atoms with Gasteiger partial charge in [0.15, 0.2) is 0 Å². The lowest BCUT2D eigenvalue weighted by Crippen LogP contribution is -2.45. The summed E-state index contributed by atoms with van der Waals surface area (Å²) in [7, 11) is 0. The molecular weight excluding hydrogens is 561 g/mol. The van der Waals surface area contributed by atoms with Gasteiger partial charge in [0.05, 0.1) is 19.1 Å². The first-order chi connectivity index (χ1) is 21.3. The zero-order valence-electron chi connectivity index (χ0n) is 26.1. The van der Waals surface area contributed by atoms with Crippen LogP contribution in [0, 0.1) is 18.7 Å². The van der Waals surface area contributed by atoms with Gasteiger partial charge in [-0.3, -0.25) is 19.3 Å². The molecule has 3 aliphatic heterocycles. The zero-order valence-corrected chi connectivity index (χ0v) is 26.1. The summed E-state index contributed by atoms with van der Waals surface area (Å²) in [6.07, 6.45) is 7.82. The van der Waals surface area contributed by atoms with Gasteiger partial charge in [0.1, 0.15) is 11.6 Å². The molecule has 3 atom stereocenters. The lowest BCUT2D eigenvalue weighted by Gasteiger charge is -2.31. The van der Waals surface area contributed by atoms with Gasteiger partial charge < -0.3 is 19.6 Å². The van der Waals surface area contributed by atoms with Crippen molar-refractivity contribution in [2.24, 2.45) is 5.92 Å². The third-order valence-corrected chi connectivity index (χ3v) is 9.62. The zero-order chi connectivity index (χ0) is 31.2. The highest BCUT2D eigenvalue weighted by Gasteiger charge is 2.47. The van der Waals surface area contributed by atoms with Gasteiger partial charge in [0.2, 0.25) is 11.8 Å². The summed E-state index contributed by atoms with van der Waals surface area (Å²) in [5.74, 6) is -1.40. The van der Waals surface area contributed by atoms with Crippen LogP contribution in [0.2, 0.25) is 0 Å². The molecule has 2 saturated heterocycles. The lowest BCUT2D eigenvalue weighted by atomic mass is 9.83. The number of carboxylic acid groups (broad SMARTS) is 1. The minimum Gasteiger partial charge on any atom is -0.493 e. The number of carbonyl (C=O) groups excluding carboxylic acids is 2. The molecule has 5 rings (SSSR count). The van der Waals surface area contributed by atoms with Crippen molar-refractivity contribution < 1.29 is 28.6 Å². The molecule has 3 unspecified atom stereocenters. The van der Waals surface area contributed by atoms with Crippen LogP contribution in [0.1, 0.15) is 80.9 Å². The third kappa shape index (κ3) is 7.25. The topological polar surface area (TPSA) is 90.4 Å². The summed E-state index contributed by atoms with van der Waals surface area (Å²) in [6, 6.07) is 10.3. The molecule has 3 heterocycles. The standard InChI is InChI=1S/C35H46FN3O5/c1-3-4-5-6-7-17-39(27-11-12-29(36)24(2)20-27)33(41)23-38-22-28(25-10-13-31-26(21-25)15-19-44-31)34(35(42)43)30(38)14-18-37-16-8-9-32(37)40/h10-13,20-21,28,30,34H,3-9,14-19,22-23H2,1-2H3,(H,42,43). The molecule has 2 amide bonds. The minimum atomic E-state index is -0.888. The van der Waals surface area contributed by atoms with Crippen LogP contribution in [0.5, 0.6) is 5.75 Å². The van der Waals surface area contributed by atoms with Gasteiger partial charge in [0, 0.05) is 56.7 Å². The summed E-state index contributed by atoms with van der Waals surface area (Å²) < 4.78 is 19.9. The average molecular weight is 608 g/mol. The van der Waals surface area contributed by atoms with Gasteiger partial charge in [-0.2, -0.15) is 0 Å². The minimum absolute atomic E-state index is 0.0539. The number of aryl methyl sites for hydroxylation is 1. The van der Waals surface area contributed by atoms with Gasteiger partial charge >= 0.3 is 5.97 Å². The molecule has 2 aromatic carbocycles. The van der Waals surface area contributed by atoms with E-state index in [1.165, 1.54) is 6.07 Å². The smallest absolute Gasteiger partial charge is 0.308 e. The predicted octanol–water partition coefficient (Wildman–Crippen LogP) is 5.55. The van der Waals surface area contributed by atoms with Crippen molar-refractivity contribution in [3.8, 4) is 5.75 Å². The van der Waals surface area contributed by atoms with Crippen molar-refractivity contribution in [1.82, 2.24) is 9.80 Å². The van der Waals surface area contributed by atoms with E-state index in [1.54, 1.807) is 24.0 Å². The SMILES string of the molecule is CCCCCCCN(C(=O)CN1CC(c2ccc3c(c2)CCO3)C(C(=O)O)C1CCN1CCCC1=O)c1ccc(F)c(C)c1. The highest BCUT2D eigenvalue weighted by Crippen LogP contribution is 2.41. The number of hydrogen-bond acceptors (Lipinski definition) is 5. The van der Waals surface area contributed by atoms with Crippen LogP contribution >= 0.6 is 0 Å². The Bertz CT molecular complexity index is 1350. The normalized spacial score (nSPS) is 21.5. The van der Waals surface area contributed by atoms with Crippen LogP contribution < -0.4 is 9.64 Å². The maximum Gasteiger partial charge on any atom is 0.308 e. The van der Waals surface area contributed by atoms with Crippen LogP contribution in [0.25, 0.3) is 0 Å². The quantitative estimate of drug-likeness (QED) is 0.283. The molecule has 44 heavy (non-hydrogen) atoms. The molecule has 0 saturated carbocycles. The van der Waals surface area contributed by atoms with Crippen LogP contribution in [0.4, 0.5) is 10.1 Å². The van der Waals surface area contributed by atoms with Gasteiger partial charge in [-0.25, -0.2) is 4.39 Å². The van der Waals surface area contributed by atoms with E-state index < -0.39 is 17.9 Å². The molecule has 0 spiro atoms. The number of halogens is 1. The summed E-state index contributed by atoms with van der Waals surface area (Å²) in [5, 5.41) is 10.6. The fourth-order valence-corrected chi connectivity index (χ4v) is 7.18. The second-order valence-corrected chi connectivity index (χ2v) is 12.6. The Hall–Kier alpha value is -3.46. The van der Waals surface area contributed by atoms with E-state index in [1.807, 2.05) is 21.9 Å². The summed E-state index contributed by atoms with van der Waals surface area (Å²) in [4.78, 5) is 45.0. The number of nitrogens with zero attached hydrogens (tertiary/aromatic N) is 3. The van der Waals surface area contributed by atoms with Crippen molar-refractivity contribution >= 4 is 23.5 Å². The second-order valence-electron chi connectivity index (χ2n) is 12.6. The summed E-state index contributed by atoms with van der Waals surface area (Å²) >= 11 is 0. The number of unbranched alkanes of at least 4 members (excludes halogenated alkanes) is 4. The molecule has 8 nitrogen and oxygen atoms in total. The molecule has 238 valence electrons. The number of hydrogen-bond donors (Lipinski definition) is 1. The van der Waals surface area contributed by atoms with Gasteiger partial charge in [0.25, 0.3) is 0 Å². The lowest BCUT2D eigenvalue weighted by molar-refractivity contribution is -0.143. The van der Waals surface area contributed by atoms with Crippen molar-refractivity contribution in [1.29, 1.82) is 0 Å². The fraction of sp³-hybridized carbons (Fsp3) is 0.571. The Labute approximate surface area is 260 Å². The van der Waals surface area contributed by atoms with E-state index in [-0.39, 0.29) is 30.1 Å². The Morgan fingerprint density at radius 1 is 1.09 bits per heavy atom.